The number of ether oxygens (including phenoxy) is 1. The van der Waals surface area contributed by atoms with Gasteiger partial charge in [0.25, 0.3) is 0 Å². The zero-order chi connectivity index (χ0) is 18.5. The third kappa shape index (κ3) is 1.97. The second kappa shape index (κ2) is 5.72. The molecule has 0 bridgehead atoms. The Balaban J connectivity index is 2.07. The van der Waals surface area contributed by atoms with Crippen LogP contribution in [0.15, 0.2) is 46.9 Å². The fourth-order valence-electron chi connectivity index (χ4n) is 4.18. The van der Waals surface area contributed by atoms with Gasteiger partial charge in [-0.25, -0.2) is 4.79 Å². The molecule has 2 aliphatic heterocycles. The van der Waals surface area contributed by atoms with Gasteiger partial charge < -0.3 is 21.1 Å². The molecule has 0 radical (unpaired) electrons. The molecule has 26 heavy (non-hydrogen) atoms. The third-order valence-corrected chi connectivity index (χ3v) is 5.12. The van der Waals surface area contributed by atoms with E-state index < -0.39 is 17.3 Å². The van der Waals surface area contributed by atoms with Crippen LogP contribution in [0.5, 0.6) is 0 Å². The Kier molecular flexibility index (Phi) is 3.61. The number of anilines is 1. The number of carbonyl (C=O) groups is 3. The molecule has 0 saturated carbocycles. The molecule has 1 aromatic carbocycles. The number of para-hydroxylation sites is 1. The lowest BCUT2D eigenvalue weighted by Crippen LogP contribution is -2.51. The minimum Gasteiger partial charge on any atom is -0.462 e. The average Bonchev–Trinajstić information content (AvgIpc) is 2.88. The number of nitrogens with one attached hydrogen (secondary N) is 2. The van der Waals surface area contributed by atoms with Crippen LogP contribution >= 0.6 is 0 Å². The maximum atomic E-state index is 13.3. The molecule has 134 valence electrons. The second-order valence-corrected chi connectivity index (χ2v) is 6.51. The Bertz CT molecular complexity index is 915. The number of carbonyl (C=O) groups excluding carboxylic acids is 3. The van der Waals surface area contributed by atoms with Crippen LogP contribution in [0.2, 0.25) is 0 Å². The Morgan fingerprint density at radius 2 is 2.00 bits per heavy atom. The number of Topliss-reactive ketones (excluding diaryl/α,β-unsaturated/α-hetero) is 1. The first-order valence-electron chi connectivity index (χ1n) is 8.64. The number of nitrogens with two attached hydrogens (primary N) is 1. The molecule has 0 saturated heterocycles. The second-order valence-electron chi connectivity index (χ2n) is 6.51. The summed E-state index contributed by atoms with van der Waals surface area (Å²) in [6, 6.07) is 7.05. The van der Waals surface area contributed by atoms with Crippen LogP contribution in [0.1, 0.15) is 31.7 Å². The fourth-order valence-corrected chi connectivity index (χ4v) is 4.18. The third-order valence-electron chi connectivity index (χ3n) is 5.12. The Hall–Kier alpha value is -3.09. The van der Waals surface area contributed by atoms with E-state index in [1.807, 2.05) is 0 Å². The average molecular weight is 353 g/mol. The van der Waals surface area contributed by atoms with E-state index in [0.717, 1.165) is 0 Å². The van der Waals surface area contributed by atoms with E-state index in [1.165, 1.54) is 0 Å². The van der Waals surface area contributed by atoms with Crippen molar-refractivity contribution in [2.45, 2.75) is 31.6 Å². The van der Waals surface area contributed by atoms with Gasteiger partial charge in [-0.2, -0.15) is 0 Å². The minimum absolute atomic E-state index is 0.0178. The molecule has 1 atom stereocenters. The zero-order valence-corrected chi connectivity index (χ0v) is 14.3. The Morgan fingerprint density at radius 3 is 2.77 bits per heavy atom. The van der Waals surface area contributed by atoms with Crippen LogP contribution in [0.3, 0.4) is 0 Å². The molecule has 1 aromatic rings. The van der Waals surface area contributed by atoms with Crippen LogP contribution in [0.4, 0.5) is 5.69 Å². The van der Waals surface area contributed by atoms with Crippen molar-refractivity contribution in [3.8, 4) is 0 Å². The highest BCUT2D eigenvalue weighted by molar-refractivity contribution is 6.22. The van der Waals surface area contributed by atoms with E-state index in [0.29, 0.717) is 41.8 Å². The predicted molar refractivity (Wildman–Crippen MR) is 93.6 cm³/mol. The molecule has 2 heterocycles. The zero-order valence-electron chi connectivity index (χ0n) is 14.3. The lowest BCUT2D eigenvalue weighted by molar-refractivity contribution is -0.140. The van der Waals surface area contributed by atoms with Gasteiger partial charge in [0.2, 0.25) is 5.91 Å². The molecule has 1 unspecified atom stereocenters. The monoisotopic (exact) mass is 353 g/mol. The van der Waals surface area contributed by atoms with E-state index in [1.54, 1.807) is 31.2 Å². The SMILES string of the molecule is CCOC(=O)C1=C(N)NC2=C(C(=O)CCC2)C12C(=O)Nc1ccccc12. The van der Waals surface area contributed by atoms with Crippen molar-refractivity contribution in [1.82, 2.24) is 5.32 Å². The molecule has 0 aromatic heterocycles. The number of dihydropyridines is 1. The van der Waals surface area contributed by atoms with Crippen molar-refractivity contribution in [3.05, 3.63) is 52.5 Å². The number of allylic oxidation sites excluding steroid dienone is 1. The van der Waals surface area contributed by atoms with Crippen LogP contribution in [0, 0.1) is 0 Å². The smallest absolute Gasteiger partial charge is 0.339 e. The highest BCUT2D eigenvalue weighted by Crippen LogP contribution is 2.52. The van der Waals surface area contributed by atoms with Crippen molar-refractivity contribution in [2.24, 2.45) is 5.73 Å². The summed E-state index contributed by atoms with van der Waals surface area (Å²) in [6.45, 7) is 1.81. The molecule has 1 aliphatic carbocycles. The van der Waals surface area contributed by atoms with Gasteiger partial charge in [-0.15, -0.1) is 0 Å². The molecule has 1 amide bonds. The topological polar surface area (TPSA) is 111 Å². The highest BCUT2D eigenvalue weighted by atomic mass is 16.5. The molecule has 7 heteroatoms. The summed E-state index contributed by atoms with van der Waals surface area (Å²) in [7, 11) is 0. The number of esters is 1. The van der Waals surface area contributed by atoms with Gasteiger partial charge in [-0.1, -0.05) is 18.2 Å². The lowest BCUT2D eigenvalue weighted by atomic mass is 9.64. The van der Waals surface area contributed by atoms with E-state index in [4.69, 9.17) is 10.5 Å². The number of benzene rings is 1. The number of rotatable bonds is 2. The fraction of sp³-hybridized carbons (Fsp3) is 0.316. The first-order valence-corrected chi connectivity index (χ1v) is 8.64. The number of ketones is 1. The van der Waals surface area contributed by atoms with Crippen molar-refractivity contribution < 1.29 is 19.1 Å². The maximum absolute atomic E-state index is 13.3. The van der Waals surface area contributed by atoms with Gasteiger partial charge in [0.1, 0.15) is 16.8 Å². The summed E-state index contributed by atoms with van der Waals surface area (Å²) >= 11 is 0. The Morgan fingerprint density at radius 1 is 1.23 bits per heavy atom. The first kappa shape index (κ1) is 16.4. The van der Waals surface area contributed by atoms with Crippen molar-refractivity contribution >= 4 is 23.3 Å². The number of fused-ring (bicyclic) bond motifs is 3. The predicted octanol–water partition coefficient (Wildman–Crippen LogP) is 1.22. The minimum atomic E-state index is -1.56. The van der Waals surface area contributed by atoms with Crippen molar-refractivity contribution in [2.75, 3.05) is 11.9 Å². The summed E-state index contributed by atoms with van der Waals surface area (Å²) < 4.78 is 5.19. The first-order chi connectivity index (χ1) is 12.5. The summed E-state index contributed by atoms with van der Waals surface area (Å²) in [5, 5.41) is 5.78. The molecular formula is C19H19N3O4. The van der Waals surface area contributed by atoms with Crippen molar-refractivity contribution in [3.63, 3.8) is 0 Å². The number of hydrogen-bond donors (Lipinski definition) is 3. The van der Waals surface area contributed by atoms with Crippen LogP contribution < -0.4 is 16.4 Å². The molecule has 3 aliphatic rings. The van der Waals surface area contributed by atoms with Gasteiger partial charge >= 0.3 is 5.97 Å². The summed E-state index contributed by atoms with van der Waals surface area (Å²) in [6.07, 6.45) is 1.59. The van der Waals surface area contributed by atoms with Gasteiger partial charge in [0.05, 0.1) is 6.61 Å². The molecule has 4 rings (SSSR count). The van der Waals surface area contributed by atoms with E-state index in [2.05, 4.69) is 10.6 Å². The van der Waals surface area contributed by atoms with E-state index in [-0.39, 0.29) is 23.8 Å². The van der Waals surface area contributed by atoms with Gasteiger partial charge in [-0.3, -0.25) is 9.59 Å². The molecular weight excluding hydrogens is 334 g/mol. The summed E-state index contributed by atoms with van der Waals surface area (Å²) in [5.41, 5.74) is 6.64. The van der Waals surface area contributed by atoms with E-state index in [9.17, 15) is 14.4 Å². The van der Waals surface area contributed by atoms with Gasteiger partial charge in [0, 0.05) is 28.9 Å². The molecule has 0 fully saturated rings. The van der Waals surface area contributed by atoms with Crippen molar-refractivity contribution in [1.29, 1.82) is 0 Å². The molecule has 1 spiro atoms. The van der Waals surface area contributed by atoms with Crippen LogP contribution in [-0.4, -0.2) is 24.3 Å². The number of amides is 1. The largest absolute Gasteiger partial charge is 0.462 e. The van der Waals surface area contributed by atoms with Crippen LogP contribution in [-0.2, 0) is 24.5 Å². The number of hydrogen-bond acceptors (Lipinski definition) is 6. The lowest BCUT2D eigenvalue weighted by Gasteiger charge is -2.39. The standard InChI is InChI=1S/C19H19N3O4/c1-2-26-17(24)15-16(20)21-12-8-5-9-13(23)14(12)19(15)10-6-3-4-7-11(10)22-18(19)25/h3-4,6-7,21H,2,5,8-9,20H2,1H3,(H,22,25). The van der Waals surface area contributed by atoms with Crippen LogP contribution in [0.25, 0.3) is 0 Å². The Labute approximate surface area is 150 Å². The maximum Gasteiger partial charge on any atom is 0.339 e. The molecule has 4 N–H and O–H groups in total. The normalized spacial score (nSPS) is 24.2. The quantitative estimate of drug-likeness (QED) is 0.690. The van der Waals surface area contributed by atoms with Gasteiger partial charge in [-0.05, 0) is 25.8 Å². The van der Waals surface area contributed by atoms with E-state index >= 15 is 0 Å². The highest BCUT2D eigenvalue weighted by Gasteiger charge is 2.60. The van der Waals surface area contributed by atoms with Gasteiger partial charge in [0.15, 0.2) is 5.78 Å². The molecule has 7 nitrogen and oxygen atoms in total. The summed E-state index contributed by atoms with van der Waals surface area (Å²) in [5.74, 6) is -1.24. The summed E-state index contributed by atoms with van der Waals surface area (Å²) in [4.78, 5) is 38.9.